The summed E-state index contributed by atoms with van der Waals surface area (Å²) in [5, 5.41) is 8.03. The van der Waals surface area contributed by atoms with E-state index in [2.05, 4.69) is 48.5 Å². The number of rotatable bonds is 4. The molecule has 1 aromatic carbocycles. The maximum Gasteiger partial charge on any atom is 0.253 e. The van der Waals surface area contributed by atoms with Gasteiger partial charge in [-0.05, 0) is 49.6 Å². The molecule has 4 aromatic rings. The van der Waals surface area contributed by atoms with Gasteiger partial charge in [-0.1, -0.05) is 26.0 Å². The van der Waals surface area contributed by atoms with Crippen LogP contribution >= 0.6 is 0 Å². The molecule has 1 N–H and O–H groups in total. The Kier molecular flexibility index (Phi) is 4.18. The number of nitrogens with zero attached hydrogens (tertiary/aromatic N) is 5. The van der Waals surface area contributed by atoms with Crippen LogP contribution < -0.4 is 5.32 Å². The monoisotopic (exact) mass is 360 g/mol. The molecule has 6 heteroatoms. The number of aryl methyl sites for hydroxylation is 3. The van der Waals surface area contributed by atoms with Gasteiger partial charge in [-0.15, -0.1) is 0 Å². The van der Waals surface area contributed by atoms with Gasteiger partial charge in [0, 0.05) is 24.6 Å². The Hall–Kier alpha value is -3.15. The normalized spacial score (nSPS) is 11.5. The van der Waals surface area contributed by atoms with E-state index in [4.69, 9.17) is 9.97 Å². The number of nitrogens with one attached hydrogen (secondary N) is 1. The van der Waals surface area contributed by atoms with E-state index >= 15 is 0 Å². The van der Waals surface area contributed by atoms with Crippen molar-refractivity contribution in [2.45, 2.75) is 33.6 Å². The SMILES string of the molecule is Cc1cc(C)n(-c2nc(Nc3cccc(C(C)C)c3)c3c(ccn3C)n2)n1. The van der Waals surface area contributed by atoms with Crippen LogP contribution in [0.4, 0.5) is 11.5 Å². The van der Waals surface area contributed by atoms with E-state index in [1.807, 2.05) is 43.8 Å². The summed E-state index contributed by atoms with van der Waals surface area (Å²) in [6.07, 6.45) is 2.00. The van der Waals surface area contributed by atoms with Crippen molar-refractivity contribution in [2.24, 2.45) is 7.05 Å². The molecule has 0 spiro atoms. The van der Waals surface area contributed by atoms with Gasteiger partial charge in [0.05, 0.1) is 11.2 Å². The number of hydrogen-bond donors (Lipinski definition) is 1. The molecule has 3 aromatic heterocycles. The first kappa shape index (κ1) is 17.3. The predicted molar refractivity (Wildman–Crippen MR) is 109 cm³/mol. The van der Waals surface area contributed by atoms with E-state index in [1.54, 1.807) is 4.68 Å². The van der Waals surface area contributed by atoms with Crippen molar-refractivity contribution >= 4 is 22.5 Å². The van der Waals surface area contributed by atoms with Crippen molar-refractivity contribution in [3.8, 4) is 5.95 Å². The summed E-state index contributed by atoms with van der Waals surface area (Å²) in [5.41, 5.74) is 6.12. The number of anilines is 2. The summed E-state index contributed by atoms with van der Waals surface area (Å²) in [6.45, 7) is 8.37. The lowest BCUT2D eigenvalue weighted by Crippen LogP contribution is -2.08. The molecule has 6 nitrogen and oxygen atoms in total. The van der Waals surface area contributed by atoms with Crippen molar-refractivity contribution in [3.05, 3.63) is 59.5 Å². The fourth-order valence-corrected chi connectivity index (χ4v) is 3.31. The molecule has 0 fully saturated rings. The summed E-state index contributed by atoms with van der Waals surface area (Å²) in [7, 11) is 2.00. The van der Waals surface area contributed by atoms with Crippen molar-refractivity contribution in [3.63, 3.8) is 0 Å². The maximum atomic E-state index is 4.81. The fraction of sp³-hybridized carbons (Fsp3) is 0.286. The molecule has 0 radical (unpaired) electrons. The second-order valence-corrected chi connectivity index (χ2v) is 7.28. The second kappa shape index (κ2) is 6.54. The Bertz CT molecular complexity index is 1120. The van der Waals surface area contributed by atoms with Gasteiger partial charge in [-0.2, -0.15) is 10.1 Å². The van der Waals surface area contributed by atoms with Gasteiger partial charge in [-0.25, -0.2) is 9.67 Å². The average Bonchev–Trinajstić information content (AvgIpc) is 3.17. The van der Waals surface area contributed by atoms with Crippen LogP contribution in [0, 0.1) is 13.8 Å². The fourth-order valence-electron chi connectivity index (χ4n) is 3.31. The van der Waals surface area contributed by atoms with Crippen molar-refractivity contribution in [1.82, 2.24) is 24.3 Å². The van der Waals surface area contributed by atoms with E-state index in [9.17, 15) is 0 Å². The molecule has 3 heterocycles. The van der Waals surface area contributed by atoms with Gasteiger partial charge >= 0.3 is 0 Å². The van der Waals surface area contributed by atoms with Gasteiger partial charge in [0.1, 0.15) is 5.52 Å². The zero-order valence-corrected chi connectivity index (χ0v) is 16.4. The van der Waals surface area contributed by atoms with Crippen LogP contribution in [0.3, 0.4) is 0 Å². The van der Waals surface area contributed by atoms with Gasteiger partial charge in [0.15, 0.2) is 5.82 Å². The third-order valence-corrected chi connectivity index (χ3v) is 4.72. The first-order valence-electron chi connectivity index (χ1n) is 9.16. The van der Waals surface area contributed by atoms with E-state index in [1.165, 1.54) is 5.56 Å². The quantitative estimate of drug-likeness (QED) is 0.576. The summed E-state index contributed by atoms with van der Waals surface area (Å²) in [4.78, 5) is 9.52. The summed E-state index contributed by atoms with van der Waals surface area (Å²) >= 11 is 0. The average molecular weight is 360 g/mol. The maximum absolute atomic E-state index is 4.81. The smallest absolute Gasteiger partial charge is 0.253 e. The van der Waals surface area contributed by atoms with Gasteiger partial charge < -0.3 is 9.88 Å². The number of hydrogen-bond acceptors (Lipinski definition) is 4. The lowest BCUT2D eigenvalue weighted by Gasteiger charge is -2.13. The molecule has 0 aliphatic rings. The molecule has 0 amide bonds. The zero-order chi connectivity index (χ0) is 19.1. The van der Waals surface area contributed by atoms with E-state index in [0.717, 1.165) is 33.9 Å². The first-order chi connectivity index (χ1) is 12.9. The largest absolute Gasteiger partial charge is 0.346 e. The van der Waals surface area contributed by atoms with Crippen LogP contribution in [0.1, 0.15) is 36.7 Å². The van der Waals surface area contributed by atoms with Crippen LogP contribution in [-0.2, 0) is 7.05 Å². The standard InChI is InChI=1S/C21H24N6/c1-13(2)16-7-6-8-17(12-16)22-20-19-18(9-10-26(19)5)23-21(24-20)27-15(4)11-14(3)25-27/h6-13H,1-5H3,(H,22,23,24). The minimum atomic E-state index is 0.470. The molecule has 0 bridgehead atoms. The molecule has 0 aliphatic heterocycles. The zero-order valence-electron chi connectivity index (χ0n) is 16.4. The molecule has 0 unspecified atom stereocenters. The van der Waals surface area contributed by atoms with E-state index in [-0.39, 0.29) is 0 Å². The van der Waals surface area contributed by atoms with Crippen LogP contribution in [0.2, 0.25) is 0 Å². The van der Waals surface area contributed by atoms with Crippen LogP contribution in [-0.4, -0.2) is 24.3 Å². The number of aromatic nitrogens is 5. The van der Waals surface area contributed by atoms with Crippen molar-refractivity contribution in [1.29, 1.82) is 0 Å². The lowest BCUT2D eigenvalue weighted by molar-refractivity contribution is 0.780. The third kappa shape index (κ3) is 3.18. The van der Waals surface area contributed by atoms with Gasteiger partial charge in [-0.3, -0.25) is 0 Å². The van der Waals surface area contributed by atoms with Gasteiger partial charge in [0.25, 0.3) is 5.95 Å². The molecule has 0 atom stereocenters. The molecule has 0 aliphatic carbocycles. The number of benzene rings is 1. The Balaban J connectivity index is 1.85. The summed E-state index contributed by atoms with van der Waals surface area (Å²) < 4.78 is 3.83. The highest BCUT2D eigenvalue weighted by Gasteiger charge is 2.15. The minimum absolute atomic E-state index is 0.470. The molecule has 0 saturated carbocycles. The number of fused-ring (bicyclic) bond motifs is 1. The van der Waals surface area contributed by atoms with Crippen LogP contribution in [0.5, 0.6) is 0 Å². The molecule has 0 saturated heterocycles. The van der Waals surface area contributed by atoms with Crippen molar-refractivity contribution in [2.75, 3.05) is 5.32 Å². The topological polar surface area (TPSA) is 60.6 Å². The molecule has 138 valence electrons. The van der Waals surface area contributed by atoms with Crippen LogP contribution in [0.15, 0.2) is 42.6 Å². The third-order valence-electron chi connectivity index (χ3n) is 4.72. The lowest BCUT2D eigenvalue weighted by atomic mass is 10.0. The highest BCUT2D eigenvalue weighted by Crippen LogP contribution is 2.27. The Morgan fingerprint density at radius 2 is 1.85 bits per heavy atom. The summed E-state index contributed by atoms with van der Waals surface area (Å²) in [6, 6.07) is 12.5. The van der Waals surface area contributed by atoms with Crippen molar-refractivity contribution < 1.29 is 0 Å². The summed E-state index contributed by atoms with van der Waals surface area (Å²) in [5.74, 6) is 1.82. The van der Waals surface area contributed by atoms with Crippen LogP contribution in [0.25, 0.3) is 17.0 Å². The Morgan fingerprint density at radius 3 is 2.56 bits per heavy atom. The van der Waals surface area contributed by atoms with Gasteiger partial charge in [0.2, 0.25) is 0 Å². The second-order valence-electron chi connectivity index (χ2n) is 7.28. The molecule has 4 rings (SSSR count). The molecular formula is C21H24N6. The molecular weight excluding hydrogens is 336 g/mol. The van der Waals surface area contributed by atoms with E-state index < -0.39 is 0 Å². The Labute approximate surface area is 158 Å². The minimum Gasteiger partial charge on any atom is -0.346 e. The predicted octanol–water partition coefficient (Wildman–Crippen LogP) is 4.64. The first-order valence-corrected chi connectivity index (χ1v) is 9.16. The van der Waals surface area contributed by atoms with E-state index in [0.29, 0.717) is 11.9 Å². The highest BCUT2D eigenvalue weighted by atomic mass is 15.4. The Morgan fingerprint density at radius 1 is 1.04 bits per heavy atom. The molecule has 27 heavy (non-hydrogen) atoms. The highest BCUT2D eigenvalue weighted by molar-refractivity contribution is 5.89.